The fraction of sp³-hybridized carbons (Fsp3) is 0.852. The van der Waals surface area contributed by atoms with E-state index in [4.69, 9.17) is 14.2 Å². The second-order valence-electron chi connectivity index (χ2n) is 12.1. The van der Waals surface area contributed by atoms with E-state index in [1.807, 2.05) is 6.08 Å². The fourth-order valence-corrected chi connectivity index (χ4v) is 8.99. The monoisotopic (exact) mass is 442 g/mol. The number of hydrogen-bond donors (Lipinski definition) is 0. The van der Waals surface area contributed by atoms with Crippen LogP contribution in [0.4, 0.5) is 0 Å². The van der Waals surface area contributed by atoms with Crippen LogP contribution in [0.1, 0.15) is 85.0 Å². The van der Waals surface area contributed by atoms with Crippen molar-refractivity contribution in [1.29, 1.82) is 0 Å². The van der Waals surface area contributed by atoms with Crippen LogP contribution < -0.4 is 0 Å². The van der Waals surface area contributed by atoms with Gasteiger partial charge in [0, 0.05) is 38.0 Å². The first-order valence-corrected chi connectivity index (χ1v) is 13.0. The van der Waals surface area contributed by atoms with Crippen molar-refractivity contribution >= 4 is 11.8 Å². The number of fused-ring (bicyclic) bond motifs is 7. The lowest BCUT2D eigenvalue weighted by atomic mass is 9.48. The van der Waals surface area contributed by atoms with Gasteiger partial charge in [-0.2, -0.15) is 0 Å². The van der Waals surface area contributed by atoms with E-state index < -0.39 is 11.4 Å². The maximum absolute atomic E-state index is 12.4. The van der Waals surface area contributed by atoms with Crippen LogP contribution in [-0.4, -0.2) is 35.9 Å². The molecule has 0 bridgehead atoms. The van der Waals surface area contributed by atoms with Crippen molar-refractivity contribution < 1.29 is 23.8 Å². The summed E-state index contributed by atoms with van der Waals surface area (Å²) in [6.07, 6.45) is 11.8. The zero-order valence-corrected chi connectivity index (χ0v) is 19.9. The minimum absolute atomic E-state index is 0.127. The Hall–Kier alpha value is -1.20. The summed E-state index contributed by atoms with van der Waals surface area (Å²) in [5.74, 6) is 1.98. The van der Waals surface area contributed by atoms with Crippen LogP contribution in [0, 0.1) is 35.0 Å². The molecule has 1 spiro atoms. The molecule has 0 aromatic heterocycles. The van der Waals surface area contributed by atoms with Gasteiger partial charge in [-0.25, -0.2) is 0 Å². The van der Waals surface area contributed by atoms with Crippen molar-refractivity contribution in [2.24, 2.45) is 35.0 Å². The fourth-order valence-electron chi connectivity index (χ4n) is 8.99. The third kappa shape index (κ3) is 2.95. The van der Waals surface area contributed by atoms with Crippen molar-refractivity contribution in [2.45, 2.75) is 102 Å². The first-order valence-electron chi connectivity index (χ1n) is 13.0. The van der Waals surface area contributed by atoms with Gasteiger partial charge in [0.15, 0.2) is 11.6 Å². The van der Waals surface area contributed by atoms with Gasteiger partial charge in [0.1, 0.15) is 5.60 Å². The maximum Gasteiger partial charge on any atom is 0.303 e. The summed E-state index contributed by atoms with van der Waals surface area (Å²) < 4.78 is 19.4. The van der Waals surface area contributed by atoms with Crippen LogP contribution in [0.25, 0.3) is 0 Å². The van der Waals surface area contributed by atoms with Crippen LogP contribution in [-0.2, 0) is 23.8 Å². The lowest BCUT2D eigenvalue weighted by Gasteiger charge is -2.58. The van der Waals surface area contributed by atoms with Gasteiger partial charge in [-0.3, -0.25) is 9.59 Å². The van der Waals surface area contributed by atoms with E-state index in [9.17, 15) is 9.59 Å². The summed E-state index contributed by atoms with van der Waals surface area (Å²) in [7, 11) is 0. The average molecular weight is 443 g/mol. The highest BCUT2D eigenvalue weighted by atomic mass is 16.7. The summed E-state index contributed by atoms with van der Waals surface area (Å²) in [4.78, 5) is 24.5. The number of rotatable bonds is 1. The molecule has 9 atom stereocenters. The van der Waals surface area contributed by atoms with E-state index in [1.165, 1.54) is 5.57 Å². The van der Waals surface area contributed by atoms with Crippen molar-refractivity contribution in [3.05, 3.63) is 11.6 Å². The molecule has 0 radical (unpaired) electrons. The van der Waals surface area contributed by atoms with E-state index >= 15 is 0 Å². The Morgan fingerprint density at radius 2 is 1.94 bits per heavy atom. The molecule has 0 amide bonds. The molecule has 2 saturated heterocycles. The average Bonchev–Trinajstić information content (AvgIpc) is 3.24. The Morgan fingerprint density at radius 3 is 2.69 bits per heavy atom. The summed E-state index contributed by atoms with van der Waals surface area (Å²) in [5, 5.41) is 0. The highest BCUT2D eigenvalue weighted by Crippen LogP contribution is 2.67. The third-order valence-electron chi connectivity index (χ3n) is 10.5. The first-order chi connectivity index (χ1) is 15.2. The molecule has 4 aliphatic carbocycles. The van der Waals surface area contributed by atoms with Gasteiger partial charge < -0.3 is 14.2 Å². The number of carbonyl (C=O) groups is 2. The lowest BCUT2D eigenvalue weighted by Crippen LogP contribution is -2.56. The summed E-state index contributed by atoms with van der Waals surface area (Å²) >= 11 is 0. The van der Waals surface area contributed by atoms with Crippen molar-refractivity contribution in [1.82, 2.24) is 0 Å². The van der Waals surface area contributed by atoms with E-state index in [0.717, 1.165) is 64.4 Å². The van der Waals surface area contributed by atoms with Crippen LogP contribution in [0.5, 0.6) is 0 Å². The van der Waals surface area contributed by atoms with Crippen LogP contribution in [0.15, 0.2) is 11.6 Å². The molecule has 6 rings (SSSR count). The summed E-state index contributed by atoms with van der Waals surface area (Å²) in [6, 6.07) is 0. The third-order valence-corrected chi connectivity index (χ3v) is 10.5. The minimum Gasteiger partial charge on any atom is -0.459 e. The number of hydrogen-bond acceptors (Lipinski definition) is 5. The molecule has 9 unspecified atom stereocenters. The van der Waals surface area contributed by atoms with Crippen LogP contribution >= 0.6 is 0 Å². The van der Waals surface area contributed by atoms with Crippen LogP contribution in [0.3, 0.4) is 0 Å². The molecule has 0 aromatic rings. The normalized spacial score (nSPS) is 52.0. The predicted molar refractivity (Wildman–Crippen MR) is 119 cm³/mol. The van der Waals surface area contributed by atoms with Gasteiger partial charge in [-0.05, 0) is 74.2 Å². The predicted octanol–water partition coefficient (Wildman–Crippen LogP) is 4.97. The molecule has 0 N–H and O–H groups in total. The summed E-state index contributed by atoms with van der Waals surface area (Å²) in [5.41, 5.74) is 1.10. The highest BCUT2D eigenvalue weighted by Gasteiger charge is 2.69. The van der Waals surface area contributed by atoms with Gasteiger partial charge in [-0.1, -0.05) is 19.4 Å². The maximum atomic E-state index is 12.4. The zero-order valence-electron chi connectivity index (χ0n) is 19.9. The molecule has 2 aliphatic heterocycles. The Morgan fingerprint density at radius 1 is 1.09 bits per heavy atom. The Bertz CT molecular complexity index is 854. The quantitative estimate of drug-likeness (QED) is 0.537. The van der Waals surface area contributed by atoms with E-state index in [0.29, 0.717) is 35.9 Å². The molecule has 0 aromatic carbocycles. The Balaban J connectivity index is 1.31. The Kier molecular flexibility index (Phi) is 4.77. The SMILES string of the molecule is CC(=O)OC12CCC3C(CCC4=CC(=O)CCC43C)C1CC1OC3(CCC(C)CO3)CC12. The highest BCUT2D eigenvalue weighted by molar-refractivity contribution is 5.91. The number of allylic oxidation sites excluding steroid dienone is 1. The number of esters is 1. The molecule has 2 heterocycles. The second kappa shape index (κ2) is 7.15. The topological polar surface area (TPSA) is 61.8 Å². The molecular weight excluding hydrogens is 404 g/mol. The molecule has 5 nitrogen and oxygen atoms in total. The van der Waals surface area contributed by atoms with Gasteiger partial charge in [0.2, 0.25) is 0 Å². The van der Waals surface area contributed by atoms with Gasteiger partial charge in [0.25, 0.3) is 0 Å². The van der Waals surface area contributed by atoms with Gasteiger partial charge >= 0.3 is 5.97 Å². The van der Waals surface area contributed by atoms with Gasteiger partial charge in [-0.15, -0.1) is 0 Å². The van der Waals surface area contributed by atoms with E-state index in [1.54, 1.807) is 6.92 Å². The molecular formula is C27H38O5. The van der Waals surface area contributed by atoms with Crippen molar-refractivity contribution in [2.75, 3.05) is 6.61 Å². The zero-order chi connectivity index (χ0) is 22.3. The Labute approximate surface area is 191 Å². The molecule has 5 heteroatoms. The largest absolute Gasteiger partial charge is 0.459 e. The van der Waals surface area contributed by atoms with E-state index in [2.05, 4.69) is 13.8 Å². The van der Waals surface area contributed by atoms with Crippen molar-refractivity contribution in [3.8, 4) is 0 Å². The standard InChI is InChI=1S/C27H38O5/c1-16-6-10-26(30-15-16)14-23-24(32-26)13-22-20-5-4-18-12-19(29)7-9-25(18,3)21(20)8-11-27(22,23)31-17(2)28/h12,16,20-24H,4-11,13-15H2,1-3H3. The lowest BCUT2D eigenvalue weighted by molar-refractivity contribution is -0.257. The minimum atomic E-state index is -0.463. The number of ether oxygens (including phenoxy) is 3. The van der Waals surface area contributed by atoms with Crippen molar-refractivity contribution in [3.63, 3.8) is 0 Å². The smallest absolute Gasteiger partial charge is 0.303 e. The molecule has 32 heavy (non-hydrogen) atoms. The number of ketones is 1. The number of carbonyl (C=O) groups excluding carboxylic acids is 2. The molecule has 5 fully saturated rings. The summed E-state index contributed by atoms with van der Waals surface area (Å²) in [6.45, 7) is 6.98. The second-order valence-corrected chi connectivity index (χ2v) is 12.1. The van der Waals surface area contributed by atoms with Crippen LogP contribution in [0.2, 0.25) is 0 Å². The van der Waals surface area contributed by atoms with Gasteiger partial charge in [0.05, 0.1) is 12.7 Å². The first kappa shape index (κ1) is 21.3. The molecule has 6 aliphatic rings. The molecule has 176 valence electrons. The molecule has 3 saturated carbocycles. The van der Waals surface area contributed by atoms with E-state index in [-0.39, 0.29) is 23.4 Å².